The maximum Gasteiger partial charge on any atom is 0.490 e. The number of nitrogens with one attached hydrogen (secondary N) is 2. The van der Waals surface area contributed by atoms with Crippen LogP contribution in [-0.2, 0) is 27.7 Å². The van der Waals surface area contributed by atoms with Crippen LogP contribution in [0.5, 0.6) is 0 Å². The van der Waals surface area contributed by atoms with Gasteiger partial charge >= 0.3 is 12.1 Å². The van der Waals surface area contributed by atoms with Crippen LogP contribution in [0.15, 0.2) is 102 Å². The third kappa shape index (κ3) is 8.03. The molecule has 0 bridgehead atoms. The lowest BCUT2D eigenvalue weighted by Crippen LogP contribution is -2.21. The van der Waals surface area contributed by atoms with Gasteiger partial charge in [-0.1, -0.05) is 60.7 Å². The smallest absolute Gasteiger partial charge is 0.475 e. The summed E-state index contributed by atoms with van der Waals surface area (Å²) >= 11 is 0. The van der Waals surface area contributed by atoms with Crippen molar-refractivity contribution in [3.63, 3.8) is 0 Å². The number of aromatic nitrogens is 2. The van der Waals surface area contributed by atoms with Crippen LogP contribution in [0.4, 0.5) is 13.2 Å². The molecule has 0 fully saturated rings. The Hall–Kier alpha value is -4.48. The molecule has 7 nitrogen and oxygen atoms in total. The standard InChI is InChI=1S/C28H25N3O2S.C2HF3O2/c1-34(32,33)25-14-12-20(13-15-25)18-29-19-21-6-4-7-22(16-21)23-8-5-9-24(17-23)28-30-26-10-2-3-11-27(26)31-28;3-2(4,5)1(6)7/h2-17,29H,18-19H2,1H3,(H,30,31);(H,6,7). The van der Waals surface area contributed by atoms with Crippen molar-refractivity contribution < 1.29 is 31.5 Å². The summed E-state index contributed by atoms with van der Waals surface area (Å²) in [6.07, 6.45) is -3.86. The van der Waals surface area contributed by atoms with Crippen molar-refractivity contribution >= 4 is 26.8 Å². The molecule has 0 aliphatic rings. The van der Waals surface area contributed by atoms with Crippen LogP contribution in [0.3, 0.4) is 0 Å². The molecule has 0 atom stereocenters. The fraction of sp³-hybridized carbons (Fsp3) is 0.133. The molecule has 212 valence electrons. The Labute approximate surface area is 234 Å². The molecule has 0 aliphatic carbocycles. The first-order valence-corrected chi connectivity index (χ1v) is 14.2. The normalized spacial score (nSPS) is 11.6. The molecule has 5 rings (SSSR count). The van der Waals surface area contributed by atoms with Gasteiger partial charge in [0.25, 0.3) is 0 Å². The average molecular weight is 582 g/mol. The molecule has 0 spiro atoms. The number of carbonyl (C=O) groups is 1. The first-order chi connectivity index (χ1) is 19.4. The molecule has 0 saturated heterocycles. The molecule has 3 N–H and O–H groups in total. The number of rotatable bonds is 7. The van der Waals surface area contributed by atoms with Gasteiger partial charge in [0.05, 0.1) is 15.9 Å². The number of hydrogen-bond acceptors (Lipinski definition) is 5. The fourth-order valence-corrected chi connectivity index (χ4v) is 4.63. The first-order valence-electron chi connectivity index (χ1n) is 12.3. The second-order valence-corrected chi connectivity index (χ2v) is 11.2. The number of benzene rings is 4. The van der Waals surface area contributed by atoms with Gasteiger partial charge in [-0.05, 0) is 58.7 Å². The second-order valence-electron chi connectivity index (χ2n) is 9.21. The number of imidazole rings is 1. The first kappa shape index (κ1) is 29.5. The minimum absolute atomic E-state index is 0.342. The summed E-state index contributed by atoms with van der Waals surface area (Å²) in [6, 6.07) is 31.9. The Bertz CT molecular complexity index is 1730. The molecule has 41 heavy (non-hydrogen) atoms. The number of alkyl halides is 3. The number of halogens is 3. The van der Waals surface area contributed by atoms with E-state index in [-0.39, 0.29) is 0 Å². The summed E-state index contributed by atoms with van der Waals surface area (Å²) in [6.45, 7) is 1.38. The molecule has 0 unspecified atom stereocenters. The zero-order chi connectivity index (χ0) is 29.6. The highest BCUT2D eigenvalue weighted by Gasteiger charge is 2.38. The lowest BCUT2D eigenvalue weighted by atomic mass is 10.0. The van der Waals surface area contributed by atoms with Crippen LogP contribution >= 0.6 is 0 Å². The Kier molecular flexibility index (Phi) is 8.89. The molecular weight excluding hydrogens is 555 g/mol. The van der Waals surface area contributed by atoms with Crippen molar-refractivity contribution in [3.05, 3.63) is 108 Å². The quantitative estimate of drug-likeness (QED) is 0.210. The van der Waals surface area contributed by atoms with Gasteiger partial charge in [0.2, 0.25) is 0 Å². The van der Waals surface area contributed by atoms with E-state index in [0.29, 0.717) is 18.0 Å². The van der Waals surface area contributed by atoms with Gasteiger partial charge in [-0.15, -0.1) is 0 Å². The minimum atomic E-state index is -5.08. The van der Waals surface area contributed by atoms with Crippen LogP contribution < -0.4 is 5.32 Å². The van der Waals surface area contributed by atoms with Gasteiger partial charge in [0.15, 0.2) is 9.84 Å². The number of fused-ring (bicyclic) bond motifs is 1. The van der Waals surface area contributed by atoms with E-state index in [1.54, 1.807) is 12.1 Å². The number of sulfone groups is 1. The lowest BCUT2D eigenvalue weighted by Gasteiger charge is -2.09. The molecule has 0 amide bonds. The maximum atomic E-state index is 11.6. The van der Waals surface area contributed by atoms with Crippen LogP contribution in [0, 0.1) is 0 Å². The number of carboxylic acids is 1. The van der Waals surface area contributed by atoms with Crippen molar-refractivity contribution in [2.75, 3.05) is 6.26 Å². The van der Waals surface area contributed by atoms with Gasteiger partial charge in [0.1, 0.15) is 5.82 Å². The van der Waals surface area contributed by atoms with Crippen LogP contribution in [0.25, 0.3) is 33.5 Å². The van der Waals surface area contributed by atoms with Gasteiger partial charge < -0.3 is 15.4 Å². The van der Waals surface area contributed by atoms with E-state index in [4.69, 9.17) is 14.9 Å². The second kappa shape index (κ2) is 12.4. The van der Waals surface area contributed by atoms with Crippen molar-refractivity contribution in [2.45, 2.75) is 24.2 Å². The molecule has 4 aromatic carbocycles. The van der Waals surface area contributed by atoms with Gasteiger partial charge in [-0.2, -0.15) is 13.2 Å². The van der Waals surface area contributed by atoms with E-state index in [1.807, 2.05) is 36.4 Å². The molecule has 0 aliphatic heterocycles. The topological polar surface area (TPSA) is 112 Å². The van der Waals surface area contributed by atoms with Crippen molar-refractivity contribution in [2.24, 2.45) is 0 Å². The van der Waals surface area contributed by atoms with E-state index in [1.165, 1.54) is 11.8 Å². The van der Waals surface area contributed by atoms with Gasteiger partial charge in [0, 0.05) is 24.9 Å². The van der Waals surface area contributed by atoms with Crippen LogP contribution in [0.2, 0.25) is 0 Å². The number of aliphatic carboxylic acids is 1. The van der Waals surface area contributed by atoms with Gasteiger partial charge in [-0.25, -0.2) is 18.2 Å². The van der Waals surface area contributed by atoms with E-state index < -0.39 is 22.0 Å². The Balaban J connectivity index is 0.000000493. The highest BCUT2D eigenvalue weighted by molar-refractivity contribution is 7.90. The summed E-state index contributed by atoms with van der Waals surface area (Å²) < 4.78 is 55.0. The fourth-order valence-electron chi connectivity index (χ4n) is 4.00. The Morgan fingerprint density at radius 2 is 1.41 bits per heavy atom. The zero-order valence-electron chi connectivity index (χ0n) is 21.8. The van der Waals surface area contributed by atoms with E-state index >= 15 is 0 Å². The zero-order valence-corrected chi connectivity index (χ0v) is 22.6. The third-order valence-corrected chi connectivity index (χ3v) is 7.17. The maximum absolute atomic E-state index is 11.6. The number of nitrogens with zero attached hydrogens (tertiary/aromatic N) is 1. The van der Waals surface area contributed by atoms with Crippen molar-refractivity contribution in [3.8, 4) is 22.5 Å². The summed E-state index contributed by atoms with van der Waals surface area (Å²) in [5.41, 5.74) is 7.55. The van der Waals surface area contributed by atoms with E-state index in [2.05, 4.69) is 58.8 Å². The van der Waals surface area contributed by atoms with Gasteiger partial charge in [-0.3, -0.25) is 0 Å². The molecule has 1 heterocycles. The molecule has 11 heteroatoms. The monoisotopic (exact) mass is 581 g/mol. The molecular formula is C30H26F3N3O4S. The van der Waals surface area contributed by atoms with Crippen molar-refractivity contribution in [1.82, 2.24) is 15.3 Å². The number of H-pyrrole nitrogens is 1. The lowest BCUT2D eigenvalue weighted by molar-refractivity contribution is -0.192. The van der Waals surface area contributed by atoms with Crippen molar-refractivity contribution in [1.29, 1.82) is 0 Å². The predicted octanol–water partition coefficient (Wildman–Crippen LogP) is 6.22. The largest absolute Gasteiger partial charge is 0.490 e. The summed E-state index contributed by atoms with van der Waals surface area (Å²) in [7, 11) is -3.17. The van der Waals surface area contributed by atoms with Crippen LogP contribution in [0.1, 0.15) is 11.1 Å². The summed E-state index contributed by atoms with van der Waals surface area (Å²) in [5, 5.41) is 10.6. The Morgan fingerprint density at radius 1 is 0.829 bits per heavy atom. The summed E-state index contributed by atoms with van der Waals surface area (Å²) in [5.74, 6) is -1.89. The van der Waals surface area contributed by atoms with Crippen LogP contribution in [-0.4, -0.2) is 41.9 Å². The SMILES string of the molecule is CS(=O)(=O)c1ccc(CNCc2cccc(-c3cccc(-c4nc5ccccc5[nH]4)c3)c2)cc1.O=C(O)C(F)(F)F. The highest BCUT2D eigenvalue weighted by Crippen LogP contribution is 2.27. The predicted molar refractivity (Wildman–Crippen MR) is 151 cm³/mol. The molecule has 0 saturated carbocycles. The number of hydrogen-bond donors (Lipinski definition) is 3. The number of aromatic amines is 1. The van der Waals surface area contributed by atoms with E-state index in [9.17, 15) is 21.6 Å². The highest BCUT2D eigenvalue weighted by atomic mass is 32.2. The third-order valence-electron chi connectivity index (χ3n) is 6.04. The van der Waals surface area contributed by atoms with E-state index in [0.717, 1.165) is 39.1 Å². The minimum Gasteiger partial charge on any atom is -0.475 e. The summed E-state index contributed by atoms with van der Waals surface area (Å²) in [4.78, 5) is 17.4. The number of para-hydroxylation sites is 2. The molecule has 5 aromatic rings. The molecule has 0 radical (unpaired) electrons. The average Bonchev–Trinajstić information content (AvgIpc) is 3.38. The Morgan fingerprint density at radius 3 is 2.05 bits per heavy atom. The molecule has 1 aromatic heterocycles. The number of carboxylic acid groups (broad SMARTS) is 1.